The Hall–Kier alpha value is -1.47. The molecule has 0 radical (unpaired) electrons. The van der Waals surface area contributed by atoms with Gasteiger partial charge in [0, 0.05) is 12.8 Å². The van der Waals surface area contributed by atoms with E-state index in [1.54, 1.807) is 5.43 Å². The van der Waals surface area contributed by atoms with Crippen LogP contribution in [0.5, 0.6) is 0 Å². The second-order valence-corrected chi connectivity index (χ2v) is 6.58. The monoisotopic (exact) mass is 285 g/mol. The summed E-state index contributed by atoms with van der Waals surface area (Å²) in [7, 11) is 0. The molecule has 7 nitrogen and oxygen atoms in total. The minimum atomic E-state index is -0.957. The Bertz CT molecular complexity index is 427. The molecule has 0 bridgehead atoms. The summed E-state index contributed by atoms with van der Waals surface area (Å²) in [5.41, 5.74) is 3.41. The summed E-state index contributed by atoms with van der Waals surface area (Å²) in [4.78, 5) is 35.8. The van der Waals surface area contributed by atoms with Gasteiger partial charge < -0.3 is 0 Å². The fraction of sp³-hybridized carbons (Fsp3) is 0.769. The number of amides is 3. The number of hydrazine groups is 1. The number of likely N-dealkylation sites (tertiary alicyclic amines) is 1. The van der Waals surface area contributed by atoms with Crippen LogP contribution in [0.2, 0.25) is 0 Å². The van der Waals surface area contributed by atoms with Crippen LogP contribution in [0.15, 0.2) is 0 Å². The summed E-state index contributed by atoms with van der Waals surface area (Å²) in [6.07, 6.45) is 2.52. The molecule has 0 spiro atoms. The maximum Gasteiger partial charge on any atom is 0.355 e. The van der Waals surface area contributed by atoms with E-state index in [1.807, 2.05) is 27.7 Å². The third-order valence-corrected chi connectivity index (χ3v) is 4.47. The van der Waals surface area contributed by atoms with Gasteiger partial charge in [-0.05, 0) is 34.1 Å². The van der Waals surface area contributed by atoms with Crippen LogP contribution in [0.3, 0.4) is 0 Å². The number of nitrogens with zero attached hydrogens (tertiary/aromatic N) is 1. The van der Waals surface area contributed by atoms with Gasteiger partial charge in [-0.1, -0.05) is 0 Å². The molecule has 114 valence electrons. The van der Waals surface area contributed by atoms with Crippen LogP contribution < -0.4 is 16.7 Å². The Labute approximate surface area is 119 Å². The zero-order chi connectivity index (χ0) is 15.8. The van der Waals surface area contributed by atoms with Crippen LogP contribution in [-0.2, 0) is 14.4 Å². The van der Waals surface area contributed by atoms with Gasteiger partial charge in [0.1, 0.15) is 11.1 Å². The second kappa shape index (κ2) is 5.14. The smallest absolute Gasteiger partial charge is 0.286 e. The van der Waals surface area contributed by atoms with E-state index in [0.717, 1.165) is 19.3 Å². The minimum absolute atomic E-state index is 0.196. The fourth-order valence-corrected chi connectivity index (χ4v) is 3.61. The van der Waals surface area contributed by atoms with Crippen molar-refractivity contribution in [2.45, 2.75) is 65.0 Å². The molecule has 1 aliphatic rings. The standard InChI is InChI=1S/C13H24N4O3/c1-9(18)17(16-11(20)10(19)15-14)12(2,3)7-6-8-13(17,4)5/h6-8H2,1-5H3,(H3-,14,15,16,19,20)/p+1. The van der Waals surface area contributed by atoms with Crippen LogP contribution in [0.25, 0.3) is 0 Å². The molecule has 1 fully saturated rings. The summed E-state index contributed by atoms with van der Waals surface area (Å²) in [5.74, 6) is 2.93. The number of nitrogens with one attached hydrogen (secondary N) is 2. The van der Waals surface area contributed by atoms with Crippen molar-refractivity contribution in [1.82, 2.24) is 10.9 Å². The Kier molecular flexibility index (Phi) is 4.26. The summed E-state index contributed by atoms with van der Waals surface area (Å²) >= 11 is 0. The molecule has 20 heavy (non-hydrogen) atoms. The molecule has 1 heterocycles. The number of nitrogens with two attached hydrogens (primary N) is 1. The largest absolute Gasteiger partial charge is 0.355 e. The molecule has 0 aromatic heterocycles. The second-order valence-electron chi connectivity index (χ2n) is 6.58. The van der Waals surface area contributed by atoms with Gasteiger partial charge in [-0.3, -0.25) is 15.0 Å². The Balaban J connectivity index is 3.33. The number of quaternary nitrogens is 1. The van der Waals surface area contributed by atoms with Crippen molar-refractivity contribution in [3.63, 3.8) is 0 Å². The summed E-state index contributed by atoms with van der Waals surface area (Å²) in [6, 6.07) is 0. The predicted octanol–water partition coefficient (Wildman–Crippen LogP) is 0.112. The van der Waals surface area contributed by atoms with Crippen molar-refractivity contribution in [2.75, 3.05) is 0 Å². The lowest BCUT2D eigenvalue weighted by molar-refractivity contribution is -0.983. The summed E-state index contributed by atoms with van der Waals surface area (Å²) in [5, 5.41) is 0. The van der Waals surface area contributed by atoms with Crippen molar-refractivity contribution < 1.29 is 19.0 Å². The van der Waals surface area contributed by atoms with Crippen molar-refractivity contribution in [2.24, 2.45) is 5.84 Å². The number of carbonyl (C=O) groups excluding carboxylic acids is 3. The van der Waals surface area contributed by atoms with E-state index < -0.39 is 22.9 Å². The van der Waals surface area contributed by atoms with Gasteiger partial charge in [-0.15, -0.1) is 0 Å². The number of piperidine rings is 1. The fourth-order valence-electron chi connectivity index (χ4n) is 3.61. The summed E-state index contributed by atoms with van der Waals surface area (Å²) < 4.78 is -0.258. The molecule has 0 aromatic carbocycles. The van der Waals surface area contributed by atoms with E-state index in [9.17, 15) is 14.4 Å². The topological polar surface area (TPSA) is 101 Å². The van der Waals surface area contributed by atoms with Gasteiger partial charge >= 0.3 is 17.7 Å². The average Bonchev–Trinajstić information content (AvgIpc) is 2.31. The molecular formula is C13H25N4O3+. The Morgan fingerprint density at radius 3 is 1.80 bits per heavy atom. The Morgan fingerprint density at radius 2 is 1.45 bits per heavy atom. The molecule has 1 aliphatic heterocycles. The highest BCUT2D eigenvalue weighted by atomic mass is 16.2. The van der Waals surface area contributed by atoms with E-state index in [-0.39, 0.29) is 10.5 Å². The zero-order valence-electron chi connectivity index (χ0n) is 12.9. The lowest BCUT2D eigenvalue weighted by atomic mass is 9.78. The maximum atomic E-state index is 12.4. The maximum absolute atomic E-state index is 12.4. The number of hydrogen-bond donors (Lipinski definition) is 3. The van der Waals surface area contributed by atoms with E-state index in [0.29, 0.717) is 0 Å². The SMILES string of the molecule is CC(=O)[N+]1(NC(=O)C(=O)NN)C(C)(C)CCCC1(C)C. The van der Waals surface area contributed by atoms with Crippen LogP contribution in [0.1, 0.15) is 53.9 Å². The summed E-state index contributed by atoms with van der Waals surface area (Å²) in [6.45, 7) is 9.15. The molecule has 0 atom stereocenters. The van der Waals surface area contributed by atoms with Gasteiger partial charge in [0.25, 0.3) is 0 Å². The molecule has 1 rings (SSSR count). The molecule has 4 N–H and O–H groups in total. The van der Waals surface area contributed by atoms with Gasteiger partial charge in [0.05, 0.1) is 6.92 Å². The quantitative estimate of drug-likeness (QED) is 0.193. The first-order valence-corrected chi connectivity index (χ1v) is 6.75. The lowest BCUT2D eigenvalue weighted by Gasteiger charge is -2.57. The number of rotatable bonds is 0. The first-order valence-electron chi connectivity index (χ1n) is 6.75. The van der Waals surface area contributed by atoms with E-state index >= 15 is 0 Å². The highest BCUT2D eigenvalue weighted by molar-refractivity contribution is 6.34. The minimum Gasteiger partial charge on any atom is -0.286 e. The van der Waals surface area contributed by atoms with Crippen LogP contribution in [-0.4, -0.2) is 33.4 Å². The highest BCUT2D eigenvalue weighted by Crippen LogP contribution is 2.44. The van der Waals surface area contributed by atoms with Crippen molar-refractivity contribution in [3.05, 3.63) is 0 Å². The van der Waals surface area contributed by atoms with Crippen molar-refractivity contribution in [1.29, 1.82) is 0 Å². The molecule has 0 unspecified atom stereocenters. The third kappa shape index (κ3) is 2.31. The van der Waals surface area contributed by atoms with E-state index in [1.165, 1.54) is 6.92 Å². The molecule has 3 amide bonds. The first-order chi connectivity index (χ1) is 9.02. The van der Waals surface area contributed by atoms with Crippen molar-refractivity contribution >= 4 is 17.7 Å². The molecule has 7 heteroatoms. The first kappa shape index (κ1) is 16.6. The molecular weight excluding hydrogens is 260 g/mol. The molecule has 0 saturated carbocycles. The molecule has 0 aliphatic carbocycles. The molecule has 0 aromatic rings. The van der Waals surface area contributed by atoms with Gasteiger partial charge in [-0.2, -0.15) is 10.0 Å². The van der Waals surface area contributed by atoms with Crippen LogP contribution in [0.4, 0.5) is 0 Å². The lowest BCUT2D eigenvalue weighted by Crippen LogP contribution is -2.82. The van der Waals surface area contributed by atoms with Gasteiger partial charge in [-0.25, -0.2) is 10.6 Å². The van der Waals surface area contributed by atoms with Crippen LogP contribution >= 0.6 is 0 Å². The highest BCUT2D eigenvalue weighted by Gasteiger charge is 2.62. The zero-order valence-corrected chi connectivity index (χ0v) is 12.9. The predicted molar refractivity (Wildman–Crippen MR) is 73.4 cm³/mol. The van der Waals surface area contributed by atoms with Gasteiger partial charge in [0.15, 0.2) is 0 Å². The third-order valence-electron chi connectivity index (χ3n) is 4.47. The molecule has 1 saturated heterocycles. The number of hydrogen-bond acceptors (Lipinski definition) is 4. The van der Waals surface area contributed by atoms with E-state index in [4.69, 9.17) is 5.84 Å². The van der Waals surface area contributed by atoms with Gasteiger partial charge in [0.2, 0.25) is 0 Å². The number of carbonyl (C=O) groups is 3. The Morgan fingerprint density at radius 1 is 1.00 bits per heavy atom. The average molecular weight is 285 g/mol. The van der Waals surface area contributed by atoms with E-state index in [2.05, 4.69) is 5.43 Å². The van der Waals surface area contributed by atoms with Crippen molar-refractivity contribution in [3.8, 4) is 0 Å². The van der Waals surface area contributed by atoms with Crippen LogP contribution in [0, 0.1) is 0 Å². The normalized spacial score (nSPS) is 22.7.